The summed E-state index contributed by atoms with van der Waals surface area (Å²) in [4.78, 5) is 30.1. The SMILES string of the molecule is COc1cc([C@H](Cc2c(Cl)c[nH+]cc2Cl)OC(=O)[C@@H]2SCCN2S(=O)(=O)c2cccc(C(=O)N(C)C)c2)ccc1OC(F)F. The van der Waals surface area contributed by atoms with Gasteiger partial charge in [-0.2, -0.15) is 13.1 Å². The van der Waals surface area contributed by atoms with E-state index in [4.69, 9.17) is 32.7 Å². The van der Waals surface area contributed by atoms with Gasteiger partial charge in [0.15, 0.2) is 29.3 Å². The largest absolute Gasteiger partial charge is 0.493 e. The van der Waals surface area contributed by atoms with Crippen molar-refractivity contribution < 1.29 is 46.0 Å². The quantitative estimate of drug-likeness (QED) is 0.266. The summed E-state index contributed by atoms with van der Waals surface area (Å²) in [5.41, 5.74) is 0.913. The van der Waals surface area contributed by atoms with Crippen LogP contribution in [-0.2, 0) is 26.0 Å². The number of carbonyl (C=O) groups is 2. The van der Waals surface area contributed by atoms with Gasteiger partial charge in [-0.3, -0.25) is 4.79 Å². The maximum atomic E-state index is 13.7. The van der Waals surface area contributed by atoms with Crippen molar-refractivity contribution in [3.63, 3.8) is 0 Å². The maximum absolute atomic E-state index is 13.7. The molecule has 1 fully saturated rings. The molecule has 2 aromatic carbocycles. The van der Waals surface area contributed by atoms with Gasteiger partial charge in [-0.05, 0) is 35.9 Å². The Hall–Kier alpha value is -3.17. The molecule has 0 aliphatic carbocycles. The molecule has 44 heavy (non-hydrogen) atoms. The Kier molecular flexibility index (Phi) is 10.9. The van der Waals surface area contributed by atoms with Crippen LogP contribution >= 0.6 is 35.0 Å². The van der Waals surface area contributed by atoms with Crippen LogP contribution in [0.1, 0.15) is 27.6 Å². The Morgan fingerprint density at radius 2 is 1.82 bits per heavy atom. The van der Waals surface area contributed by atoms with Crippen LogP contribution in [0.5, 0.6) is 11.5 Å². The van der Waals surface area contributed by atoms with Crippen LogP contribution in [-0.4, -0.2) is 75.0 Å². The van der Waals surface area contributed by atoms with E-state index >= 15 is 0 Å². The van der Waals surface area contributed by atoms with Gasteiger partial charge in [-0.15, -0.1) is 11.8 Å². The lowest BCUT2D eigenvalue weighted by Gasteiger charge is -2.26. The number of nitrogens with one attached hydrogen (secondary N) is 1. The minimum Gasteiger partial charge on any atom is -0.493 e. The van der Waals surface area contributed by atoms with E-state index in [9.17, 15) is 26.8 Å². The number of ether oxygens (including phenoxy) is 3. The summed E-state index contributed by atoms with van der Waals surface area (Å²) >= 11 is 13.8. The molecule has 1 saturated heterocycles. The number of alkyl halides is 2. The highest BCUT2D eigenvalue weighted by molar-refractivity contribution is 8.02. The van der Waals surface area contributed by atoms with Gasteiger partial charge >= 0.3 is 12.6 Å². The van der Waals surface area contributed by atoms with Crippen molar-refractivity contribution in [3.8, 4) is 11.5 Å². The zero-order valence-electron chi connectivity index (χ0n) is 23.6. The third-order valence-corrected chi connectivity index (χ3v) is 10.4. The smallest absolute Gasteiger partial charge is 0.387 e. The lowest BCUT2D eigenvalue weighted by Crippen LogP contribution is -2.40. The zero-order valence-corrected chi connectivity index (χ0v) is 26.8. The standard InChI is InChI=1S/C28H27Cl2F2N3O7S2/c1-34(2)25(36)17-5-4-6-18(11-17)44(38,39)35-9-10-43-26(35)27(37)41-23(13-19-20(29)14-33-15-21(19)30)16-7-8-22(42-28(31)32)24(12-16)40-3/h4-8,11-12,14-15,23,26,28H,9-10,13H2,1-3H3/p+1/t23-,26-/m0/s1. The minimum atomic E-state index is -4.23. The van der Waals surface area contributed by atoms with Gasteiger partial charge in [0, 0.05) is 43.9 Å². The average Bonchev–Trinajstić information content (AvgIpc) is 3.49. The molecule has 1 aliphatic rings. The number of benzene rings is 2. The Morgan fingerprint density at radius 1 is 1.11 bits per heavy atom. The fourth-order valence-electron chi connectivity index (χ4n) is 4.43. The summed E-state index contributed by atoms with van der Waals surface area (Å²) in [5, 5.41) is -0.765. The van der Waals surface area contributed by atoms with E-state index in [1.165, 1.54) is 66.9 Å². The van der Waals surface area contributed by atoms with Crippen LogP contribution in [0.4, 0.5) is 8.78 Å². The molecule has 16 heteroatoms. The lowest BCUT2D eigenvalue weighted by atomic mass is 10.0. The molecule has 1 N–H and O–H groups in total. The number of thioether (sulfide) groups is 1. The predicted molar refractivity (Wildman–Crippen MR) is 160 cm³/mol. The molecule has 0 unspecified atom stereocenters. The van der Waals surface area contributed by atoms with Gasteiger partial charge in [0.25, 0.3) is 5.91 Å². The molecule has 3 aromatic rings. The van der Waals surface area contributed by atoms with Crippen molar-refractivity contribution >= 4 is 56.9 Å². The van der Waals surface area contributed by atoms with E-state index in [-0.39, 0.29) is 50.9 Å². The van der Waals surface area contributed by atoms with Crippen molar-refractivity contribution in [2.75, 3.05) is 33.5 Å². The number of hydrogen-bond acceptors (Lipinski definition) is 8. The van der Waals surface area contributed by atoms with Crippen molar-refractivity contribution in [2.45, 2.75) is 29.4 Å². The molecule has 0 radical (unpaired) electrons. The summed E-state index contributed by atoms with van der Waals surface area (Å²) in [5.74, 6) is -1.23. The number of rotatable bonds is 11. The van der Waals surface area contributed by atoms with Crippen molar-refractivity contribution in [1.29, 1.82) is 0 Å². The molecule has 4 rings (SSSR count). The Labute approximate surface area is 267 Å². The fourth-order valence-corrected chi connectivity index (χ4v) is 8.06. The Balaban J connectivity index is 1.67. The molecule has 0 bridgehead atoms. The summed E-state index contributed by atoms with van der Waals surface area (Å²) in [6, 6.07) is 9.59. The molecular formula is C28H28Cl2F2N3O7S2+. The first-order valence-corrected chi connectivity index (χ1v) is 16.2. The Bertz CT molecular complexity index is 1630. The number of esters is 1. The van der Waals surface area contributed by atoms with E-state index in [1.54, 1.807) is 14.1 Å². The van der Waals surface area contributed by atoms with Gasteiger partial charge in [0.05, 0.1) is 12.0 Å². The van der Waals surface area contributed by atoms with Crippen LogP contribution in [0.25, 0.3) is 0 Å². The lowest BCUT2D eigenvalue weighted by molar-refractivity contribution is -0.377. The second-order valence-electron chi connectivity index (χ2n) is 9.61. The van der Waals surface area contributed by atoms with E-state index < -0.39 is 34.1 Å². The number of sulfonamides is 1. The van der Waals surface area contributed by atoms with Crippen molar-refractivity contribution in [3.05, 3.63) is 81.6 Å². The van der Waals surface area contributed by atoms with E-state index in [1.807, 2.05) is 0 Å². The van der Waals surface area contributed by atoms with Gasteiger partial charge in [-0.25, -0.2) is 18.2 Å². The number of aromatic nitrogens is 1. The van der Waals surface area contributed by atoms with Gasteiger partial charge < -0.3 is 19.1 Å². The third kappa shape index (κ3) is 7.54. The first-order valence-electron chi connectivity index (χ1n) is 13.0. The molecule has 1 amide bonds. The van der Waals surface area contributed by atoms with Crippen LogP contribution in [0.15, 0.2) is 59.8 Å². The highest BCUT2D eigenvalue weighted by Gasteiger charge is 2.42. The molecule has 1 aliphatic heterocycles. The summed E-state index contributed by atoms with van der Waals surface area (Å²) in [6.45, 7) is -3.08. The topological polar surface area (TPSA) is 117 Å². The normalized spacial score (nSPS) is 16.0. The first kappa shape index (κ1) is 33.7. The number of H-pyrrole nitrogens is 1. The average molecular weight is 692 g/mol. The molecule has 236 valence electrons. The summed E-state index contributed by atoms with van der Waals surface area (Å²) in [6.07, 6.45) is 1.83. The fraction of sp³-hybridized carbons (Fsp3) is 0.321. The second kappa shape index (κ2) is 14.3. The molecule has 2 atom stereocenters. The van der Waals surface area contributed by atoms with E-state index in [2.05, 4.69) is 9.72 Å². The summed E-state index contributed by atoms with van der Waals surface area (Å²) < 4.78 is 69.9. The van der Waals surface area contributed by atoms with Gasteiger partial charge in [-0.1, -0.05) is 35.3 Å². The molecule has 0 saturated carbocycles. The molecule has 10 nitrogen and oxygen atoms in total. The number of hydrogen-bond donors (Lipinski definition) is 0. The van der Waals surface area contributed by atoms with Crippen molar-refractivity contribution in [2.24, 2.45) is 0 Å². The maximum Gasteiger partial charge on any atom is 0.387 e. The highest BCUT2D eigenvalue weighted by atomic mass is 35.5. The van der Waals surface area contributed by atoms with Gasteiger partial charge in [0.1, 0.15) is 16.1 Å². The van der Waals surface area contributed by atoms with Crippen LogP contribution in [0.3, 0.4) is 0 Å². The zero-order chi connectivity index (χ0) is 32.2. The van der Waals surface area contributed by atoms with E-state index in [0.717, 1.165) is 16.1 Å². The molecular weight excluding hydrogens is 663 g/mol. The third-order valence-electron chi connectivity index (χ3n) is 6.56. The minimum absolute atomic E-state index is 0.0168. The number of halogens is 4. The monoisotopic (exact) mass is 690 g/mol. The first-order chi connectivity index (χ1) is 20.8. The Morgan fingerprint density at radius 3 is 2.45 bits per heavy atom. The number of nitrogens with zero attached hydrogens (tertiary/aromatic N) is 2. The number of pyridine rings is 1. The van der Waals surface area contributed by atoms with Gasteiger partial charge in [0.2, 0.25) is 10.0 Å². The predicted octanol–water partition coefficient (Wildman–Crippen LogP) is 4.71. The number of methoxy groups -OCH3 is 1. The molecule has 1 aromatic heterocycles. The van der Waals surface area contributed by atoms with E-state index in [0.29, 0.717) is 16.9 Å². The second-order valence-corrected chi connectivity index (χ2v) is 13.5. The summed E-state index contributed by atoms with van der Waals surface area (Å²) in [7, 11) is 0.129. The molecule has 0 spiro atoms. The molecule has 2 heterocycles. The highest BCUT2D eigenvalue weighted by Crippen LogP contribution is 2.38. The van der Waals surface area contributed by atoms with Crippen LogP contribution < -0.4 is 14.5 Å². The number of amides is 1. The van der Waals surface area contributed by atoms with Crippen LogP contribution in [0.2, 0.25) is 10.0 Å². The number of carbonyl (C=O) groups excluding carboxylic acids is 2. The van der Waals surface area contributed by atoms with Crippen molar-refractivity contribution in [1.82, 2.24) is 9.21 Å². The number of aromatic amines is 1. The van der Waals surface area contributed by atoms with Crippen LogP contribution in [0, 0.1) is 0 Å².